The van der Waals surface area contributed by atoms with E-state index in [1.165, 1.54) is 0 Å². The summed E-state index contributed by atoms with van der Waals surface area (Å²) in [5, 5.41) is 11.0. The van der Waals surface area contributed by atoms with Gasteiger partial charge in [0, 0.05) is 26.2 Å². The lowest BCUT2D eigenvalue weighted by molar-refractivity contribution is -0.127. The summed E-state index contributed by atoms with van der Waals surface area (Å²) in [7, 11) is 1.86. The van der Waals surface area contributed by atoms with Gasteiger partial charge in [-0.2, -0.15) is 0 Å². The topological polar surface area (TPSA) is 198 Å². The van der Waals surface area contributed by atoms with Crippen molar-refractivity contribution in [3.8, 4) is 0 Å². The van der Waals surface area contributed by atoms with E-state index in [-0.39, 0.29) is 37.5 Å². The second kappa shape index (κ2) is 34.0. The Labute approximate surface area is 244 Å². The third-order valence-electron chi connectivity index (χ3n) is 4.64. The van der Waals surface area contributed by atoms with E-state index >= 15 is 0 Å². The van der Waals surface area contributed by atoms with Gasteiger partial charge in [0.2, 0.25) is 17.7 Å². The zero-order valence-corrected chi connectivity index (χ0v) is 25.0. The van der Waals surface area contributed by atoms with Gasteiger partial charge in [0.15, 0.2) is 0 Å². The molecule has 0 aliphatic heterocycles. The summed E-state index contributed by atoms with van der Waals surface area (Å²) in [5.41, 5.74) is 5.33. The molecule has 242 valence electrons. The van der Waals surface area contributed by atoms with Crippen molar-refractivity contribution >= 4 is 24.0 Å². The largest absolute Gasteiger partial charge is 0.378 e. The van der Waals surface area contributed by atoms with Crippen LogP contribution in [0, 0.1) is 0 Å². The molecule has 41 heavy (non-hydrogen) atoms. The van der Waals surface area contributed by atoms with Crippen LogP contribution in [0.15, 0.2) is 0 Å². The number of carbonyl (C=O) groups is 4. The Hall–Kier alpha value is -2.24. The van der Waals surface area contributed by atoms with E-state index in [1.54, 1.807) is 6.92 Å². The molecule has 0 aromatic carbocycles. The molecule has 0 aliphatic rings. The van der Waals surface area contributed by atoms with Crippen LogP contribution in [-0.4, -0.2) is 143 Å². The van der Waals surface area contributed by atoms with Gasteiger partial charge in [-0.3, -0.25) is 14.4 Å². The Morgan fingerprint density at radius 2 is 1.15 bits per heavy atom. The van der Waals surface area contributed by atoms with Crippen LogP contribution in [0.5, 0.6) is 0 Å². The van der Waals surface area contributed by atoms with Gasteiger partial charge in [-0.25, -0.2) is 0 Å². The number of ether oxygens (including phenoxy) is 6. The minimum absolute atomic E-state index is 0.00560. The molecular formula is C26H53N5O10. The summed E-state index contributed by atoms with van der Waals surface area (Å²) in [4.78, 5) is 43.7. The van der Waals surface area contributed by atoms with Crippen LogP contribution in [0.1, 0.15) is 26.7 Å². The van der Waals surface area contributed by atoms with Crippen molar-refractivity contribution in [2.75, 3.05) is 113 Å². The van der Waals surface area contributed by atoms with Crippen molar-refractivity contribution < 1.29 is 47.6 Å². The highest BCUT2D eigenvalue weighted by atomic mass is 16.5. The molecule has 0 unspecified atom stereocenters. The summed E-state index contributed by atoms with van der Waals surface area (Å²) in [6.07, 6.45) is 2.70. The number of amides is 3. The highest BCUT2D eigenvalue weighted by molar-refractivity contribution is 5.80. The number of aldehydes is 1. The summed E-state index contributed by atoms with van der Waals surface area (Å²) in [6, 6.07) is -0.499. The van der Waals surface area contributed by atoms with Crippen molar-refractivity contribution in [2.45, 2.75) is 32.7 Å². The lowest BCUT2D eigenvalue weighted by Gasteiger charge is -2.08. The van der Waals surface area contributed by atoms with Crippen LogP contribution in [0.2, 0.25) is 0 Å². The van der Waals surface area contributed by atoms with E-state index in [1.807, 2.05) is 7.05 Å². The Morgan fingerprint density at radius 1 is 0.683 bits per heavy atom. The second-order valence-electron chi connectivity index (χ2n) is 8.42. The molecule has 6 N–H and O–H groups in total. The molecular weight excluding hydrogens is 542 g/mol. The fourth-order valence-corrected chi connectivity index (χ4v) is 2.47. The number of nitrogens with two attached hydrogens (primary N) is 1. The predicted molar refractivity (Wildman–Crippen MR) is 152 cm³/mol. The molecule has 0 aromatic rings. The highest BCUT2D eigenvalue weighted by Gasteiger charge is 2.05. The highest BCUT2D eigenvalue weighted by Crippen LogP contribution is 1.84. The van der Waals surface area contributed by atoms with Crippen LogP contribution in [0.25, 0.3) is 0 Å². The average molecular weight is 596 g/mol. The minimum Gasteiger partial charge on any atom is -0.378 e. The summed E-state index contributed by atoms with van der Waals surface area (Å²) in [6.45, 7) is 9.87. The first-order valence-electron chi connectivity index (χ1n) is 14.0. The minimum atomic E-state index is -0.499. The van der Waals surface area contributed by atoms with E-state index in [0.29, 0.717) is 85.4 Å². The number of carbonyl (C=O) groups excluding carboxylic acids is 4. The van der Waals surface area contributed by atoms with Crippen molar-refractivity contribution in [3.05, 3.63) is 0 Å². The number of unbranched alkanes of at least 4 members (excludes halogenated alkanes) is 1. The maximum absolute atomic E-state index is 11.5. The standard InChI is InChI=1S/C17H35N3O6.C9H18N2O4/c1-3-4-5-19-16(21)14-25-13-11-24-9-7-20-17(22)15-26-12-10-23-8-6-18-2;1-8(10)9(13)11-2-4-14-6-7-15-5-3-12/h18H,3-15H2,1-2H3,(H,19,21)(H,20,22);3,8H,2,4-7,10H2,1H3,(H,11,13)/t;8-/m.1/s1. The van der Waals surface area contributed by atoms with Gasteiger partial charge in [-0.05, 0) is 20.4 Å². The molecule has 0 saturated carbocycles. The Morgan fingerprint density at radius 3 is 1.63 bits per heavy atom. The molecule has 3 amide bonds. The molecule has 15 nitrogen and oxygen atoms in total. The van der Waals surface area contributed by atoms with Gasteiger partial charge in [0.05, 0.1) is 65.5 Å². The van der Waals surface area contributed by atoms with Gasteiger partial charge >= 0.3 is 0 Å². The molecule has 0 fully saturated rings. The fourth-order valence-electron chi connectivity index (χ4n) is 2.47. The fraction of sp³-hybridized carbons (Fsp3) is 0.846. The van der Waals surface area contributed by atoms with Crippen LogP contribution < -0.4 is 27.0 Å². The smallest absolute Gasteiger partial charge is 0.246 e. The van der Waals surface area contributed by atoms with E-state index in [4.69, 9.17) is 34.2 Å². The van der Waals surface area contributed by atoms with Gasteiger partial charge in [-0.1, -0.05) is 13.3 Å². The lowest BCUT2D eigenvalue weighted by atomic mass is 10.3. The number of hydrogen-bond acceptors (Lipinski definition) is 12. The normalized spacial score (nSPS) is 11.2. The number of rotatable bonds is 28. The first-order chi connectivity index (χ1) is 19.9. The third kappa shape index (κ3) is 35.7. The summed E-state index contributed by atoms with van der Waals surface area (Å²) in [5.74, 6) is -0.502. The first-order valence-corrected chi connectivity index (χ1v) is 14.0. The molecule has 0 aromatic heterocycles. The van der Waals surface area contributed by atoms with Crippen LogP contribution in [-0.2, 0) is 47.6 Å². The van der Waals surface area contributed by atoms with Crippen molar-refractivity contribution in [3.63, 3.8) is 0 Å². The molecule has 0 bridgehead atoms. The van der Waals surface area contributed by atoms with Crippen LogP contribution in [0.4, 0.5) is 0 Å². The van der Waals surface area contributed by atoms with Crippen LogP contribution in [0.3, 0.4) is 0 Å². The summed E-state index contributed by atoms with van der Waals surface area (Å²) >= 11 is 0. The zero-order valence-electron chi connectivity index (χ0n) is 25.0. The van der Waals surface area contributed by atoms with Crippen molar-refractivity contribution in [2.24, 2.45) is 5.73 Å². The SMILES string of the molecule is CCCCNC(=O)COCCOCCNC(=O)COCCOCCNC.C[C@@H](N)C(=O)NCCOCCOCC=O. The molecule has 0 heterocycles. The molecule has 0 spiro atoms. The third-order valence-corrected chi connectivity index (χ3v) is 4.64. The second-order valence-corrected chi connectivity index (χ2v) is 8.42. The molecule has 15 heteroatoms. The lowest BCUT2D eigenvalue weighted by Crippen LogP contribution is -2.39. The maximum atomic E-state index is 11.5. The monoisotopic (exact) mass is 595 g/mol. The van der Waals surface area contributed by atoms with E-state index in [0.717, 1.165) is 19.4 Å². The Kier molecular flexibility index (Phi) is 33.9. The maximum Gasteiger partial charge on any atom is 0.246 e. The average Bonchev–Trinajstić information content (AvgIpc) is 2.95. The Balaban J connectivity index is 0. The van der Waals surface area contributed by atoms with Gasteiger partial charge in [-0.15, -0.1) is 0 Å². The quantitative estimate of drug-likeness (QED) is 0.0493. The van der Waals surface area contributed by atoms with Crippen molar-refractivity contribution in [1.29, 1.82) is 0 Å². The van der Waals surface area contributed by atoms with Gasteiger partial charge in [0.1, 0.15) is 26.1 Å². The Bertz CT molecular complexity index is 629. The molecule has 0 aliphatic carbocycles. The van der Waals surface area contributed by atoms with E-state index in [2.05, 4.69) is 28.2 Å². The molecule has 1 atom stereocenters. The summed E-state index contributed by atoms with van der Waals surface area (Å²) < 4.78 is 30.9. The van der Waals surface area contributed by atoms with Gasteiger partial charge in [0.25, 0.3) is 0 Å². The van der Waals surface area contributed by atoms with Gasteiger partial charge < -0.3 is 60.2 Å². The number of hydrogen-bond donors (Lipinski definition) is 5. The predicted octanol–water partition coefficient (Wildman–Crippen LogP) is -2.01. The van der Waals surface area contributed by atoms with E-state index in [9.17, 15) is 19.2 Å². The number of nitrogens with one attached hydrogen (secondary N) is 4. The zero-order chi connectivity index (χ0) is 30.8. The molecule has 0 radical (unpaired) electrons. The first kappa shape index (κ1) is 40.9. The molecule has 0 rings (SSSR count). The number of likely N-dealkylation sites (N-methyl/N-ethyl adjacent to an activating group) is 1. The van der Waals surface area contributed by atoms with E-state index < -0.39 is 6.04 Å². The van der Waals surface area contributed by atoms with Crippen LogP contribution >= 0.6 is 0 Å². The van der Waals surface area contributed by atoms with Crippen molar-refractivity contribution in [1.82, 2.24) is 21.3 Å². The molecule has 0 saturated heterocycles.